The van der Waals surface area contributed by atoms with E-state index in [1.165, 1.54) is 64.2 Å². The molecular formula is C22H40O2. The van der Waals surface area contributed by atoms with Crippen LogP contribution in [0.15, 0.2) is 25.3 Å². The Morgan fingerprint density at radius 1 is 0.417 bits per heavy atom. The molecule has 2 nitrogen and oxygen atoms in total. The van der Waals surface area contributed by atoms with Crippen molar-refractivity contribution in [3.63, 3.8) is 0 Å². The highest BCUT2D eigenvalue weighted by Crippen LogP contribution is 2.08. The van der Waals surface area contributed by atoms with Crippen molar-refractivity contribution in [3.8, 4) is 0 Å². The van der Waals surface area contributed by atoms with Crippen LogP contribution in [0.25, 0.3) is 0 Å². The third kappa shape index (κ3) is 28.9. The van der Waals surface area contributed by atoms with Crippen LogP contribution in [0.1, 0.15) is 103 Å². The Morgan fingerprint density at radius 2 is 0.667 bits per heavy atom. The number of rotatable bonds is 18. The maximum atomic E-state index is 9.97. The van der Waals surface area contributed by atoms with Crippen molar-refractivity contribution in [1.82, 2.24) is 0 Å². The highest BCUT2D eigenvalue weighted by atomic mass is 16.1. The quantitative estimate of drug-likeness (QED) is 0.154. The van der Waals surface area contributed by atoms with Gasteiger partial charge in [0.15, 0.2) is 0 Å². The van der Waals surface area contributed by atoms with Gasteiger partial charge in [0.05, 0.1) is 0 Å². The van der Waals surface area contributed by atoms with E-state index < -0.39 is 0 Å². The standard InChI is InChI=1S/2C11H20O/c2*1-2-3-4-5-6-7-8-9-10-11-12/h2*2,11H,1,3-10H2. The number of carbonyl (C=O) groups excluding carboxylic acids is 2. The summed E-state index contributed by atoms with van der Waals surface area (Å²) in [6.45, 7) is 7.36. The van der Waals surface area contributed by atoms with Crippen molar-refractivity contribution in [3.05, 3.63) is 25.3 Å². The van der Waals surface area contributed by atoms with Crippen molar-refractivity contribution in [1.29, 1.82) is 0 Å². The van der Waals surface area contributed by atoms with Gasteiger partial charge < -0.3 is 9.59 Å². The van der Waals surface area contributed by atoms with Crippen LogP contribution in [0.5, 0.6) is 0 Å². The molecule has 2 heteroatoms. The first-order valence-electron chi connectivity index (χ1n) is 9.92. The molecule has 0 unspecified atom stereocenters. The normalized spacial score (nSPS) is 9.67. The van der Waals surface area contributed by atoms with E-state index >= 15 is 0 Å². The lowest BCUT2D eigenvalue weighted by Crippen LogP contribution is -1.80. The molecule has 0 fully saturated rings. The van der Waals surface area contributed by atoms with Gasteiger partial charge in [0, 0.05) is 12.8 Å². The largest absolute Gasteiger partial charge is 0.303 e. The number of aldehydes is 2. The third-order valence-corrected chi connectivity index (χ3v) is 3.96. The van der Waals surface area contributed by atoms with Gasteiger partial charge in [-0.1, -0.05) is 63.5 Å². The molecule has 0 amide bonds. The van der Waals surface area contributed by atoms with Crippen LogP contribution in [0.4, 0.5) is 0 Å². The first-order chi connectivity index (χ1) is 11.8. The second kappa shape index (κ2) is 26.7. The summed E-state index contributed by atoms with van der Waals surface area (Å²) in [5.41, 5.74) is 0. The maximum absolute atomic E-state index is 9.97. The molecule has 0 rings (SSSR count). The minimum atomic E-state index is 0.743. The molecule has 0 N–H and O–H groups in total. The van der Waals surface area contributed by atoms with Gasteiger partial charge in [-0.05, 0) is 38.5 Å². The zero-order valence-corrected chi connectivity index (χ0v) is 15.9. The molecule has 0 aliphatic rings. The molecule has 0 aliphatic heterocycles. The van der Waals surface area contributed by atoms with Gasteiger partial charge in [-0.3, -0.25) is 0 Å². The van der Waals surface area contributed by atoms with Gasteiger partial charge in [0.1, 0.15) is 12.6 Å². The summed E-state index contributed by atoms with van der Waals surface area (Å²) in [7, 11) is 0. The molecule has 0 aromatic carbocycles. The summed E-state index contributed by atoms with van der Waals surface area (Å²) < 4.78 is 0. The molecule has 140 valence electrons. The van der Waals surface area contributed by atoms with Crippen LogP contribution in [0.2, 0.25) is 0 Å². The predicted molar refractivity (Wildman–Crippen MR) is 106 cm³/mol. The van der Waals surface area contributed by atoms with E-state index in [0.29, 0.717) is 0 Å². The van der Waals surface area contributed by atoms with Gasteiger partial charge in [-0.2, -0.15) is 0 Å². The number of allylic oxidation sites excluding steroid dienone is 2. The first kappa shape index (κ1) is 25.1. The van der Waals surface area contributed by atoms with Gasteiger partial charge in [0.25, 0.3) is 0 Å². The molecule has 0 radical (unpaired) electrons. The Morgan fingerprint density at radius 3 is 0.917 bits per heavy atom. The van der Waals surface area contributed by atoms with Crippen LogP contribution in [-0.4, -0.2) is 12.6 Å². The zero-order valence-electron chi connectivity index (χ0n) is 15.9. The number of carbonyl (C=O) groups is 2. The molecule has 0 aromatic heterocycles. The summed E-state index contributed by atoms with van der Waals surface area (Å²) in [5.74, 6) is 0. The molecule has 0 spiro atoms. The molecule has 0 aliphatic carbocycles. The summed E-state index contributed by atoms with van der Waals surface area (Å²) in [6.07, 6.45) is 24.7. The summed E-state index contributed by atoms with van der Waals surface area (Å²) >= 11 is 0. The molecule has 0 heterocycles. The second-order valence-corrected chi connectivity index (χ2v) is 6.31. The average molecular weight is 337 g/mol. The Bertz CT molecular complexity index is 215. The predicted octanol–water partition coefficient (Wildman–Crippen LogP) is 6.98. The summed E-state index contributed by atoms with van der Waals surface area (Å²) in [6, 6.07) is 0. The van der Waals surface area contributed by atoms with Crippen LogP contribution >= 0.6 is 0 Å². The first-order valence-corrected chi connectivity index (χ1v) is 9.92. The lowest BCUT2D eigenvalue weighted by atomic mass is 10.1. The fourth-order valence-electron chi connectivity index (χ4n) is 2.45. The SMILES string of the molecule is C=CCCCCCCCCC=O.C=CCCCCCCCCC=O. The lowest BCUT2D eigenvalue weighted by Gasteiger charge is -1.97. The van der Waals surface area contributed by atoms with Gasteiger partial charge in [0.2, 0.25) is 0 Å². The maximum Gasteiger partial charge on any atom is 0.119 e. The van der Waals surface area contributed by atoms with Crippen LogP contribution < -0.4 is 0 Å². The fourth-order valence-corrected chi connectivity index (χ4v) is 2.45. The summed E-state index contributed by atoms with van der Waals surface area (Å²) in [5, 5.41) is 0. The number of hydrogen-bond donors (Lipinski definition) is 0. The van der Waals surface area contributed by atoms with Crippen molar-refractivity contribution >= 4 is 12.6 Å². The van der Waals surface area contributed by atoms with Crippen LogP contribution in [0, 0.1) is 0 Å². The van der Waals surface area contributed by atoms with E-state index in [1.807, 2.05) is 12.2 Å². The Kier molecular flexibility index (Phi) is 27.9. The zero-order chi connectivity index (χ0) is 18.1. The Hall–Kier alpha value is -1.18. The van der Waals surface area contributed by atoms with E-state index in [1.54, 1.807) is 0 Å². The average Bonchev–Trinajstić information content (AvgIpc) is 2.60. The second-order valence-electron chi connectivity index (χ2n) is 6.31. The Balaban J connectivity index is 0. The third-order valence-electron chi connectivity index (χ3n) is 3.96. The van der Waals surface area contributed by atoms with E-state index in [-0.39, 0.29) is 0 Å². The molecule has 0 aromatic rings. The minimum absolute atomic E-state index is 0.743. The van der Waals surface area contributed by atoms with Gasteiger partial charge in [-0.15, -0.1) is 13.2 Å². The molecule has 0 bridgehead atoms. The van der Waals surface area contributed by atoms with Crippen molar-refractivity contribution in [2.45, 2.75) is 103 Å². The molecular weight excluding hydrogens is 296 g/mol. The van der Waals surface area contributed by atoms with Crippen molar-refractivity contribution < 1.29 is 9.59 Å². The molecule has 24 heavy (non-hydrogen) atoms. The highest BCUT2D eigenvalue weighted by molar-refractivity contribution is 5.49. The summed E-state index contributed by atoms with van der Waals surface area (Å²) in [4.78, 5) is 19.9. The van der Waals surface area contributed by atoms with Gasteiger partial charge in [-0.25, -0.2) is 0 Å². The van der Waals surface area contributed by atoms with Crippen LogP contribution in [-0.2, 0) is 9.59 Å². The Labute approximate surface area is 150 Å². The van der Waals surface area contributed by atoms with E-state index in [0.717, 1.165) is 51.1 Å². The van der Waals surface area contributed by atoms with E-state index in [2.05, 4.69) is 13.2 Å². The van der Waals surface area contributed by atoms with E-state index in [4.69, 9.17) is 0 Å². The topological polar surface area (TPSA) is 34.1 Å². The van der Waals surface area contributed by atoms with Crippen molar-refractivity contribution in [2.24, 2.45) is 0 Å². The number of unbranched alkanes of at least 4 members (excludes halogenated alkanes) is 14. The number of hydrogen-bond acceptors (Lipinski definition) is 2. The van der Waals surface area contributed by atoms with E-state index in [9.17, 15) is 9.59 Å². The van der Waals surface area contributed by atoms with Crippen LogP contribution in [0.3, 0.4) is 0 Å². The monoisotopic (exact) mass is 336 g/mol. The molecule has 0 saturated heterocycles. The van der Waals surface area contributed by atoms with Gasteiger partial charge >= 0.3 is 0 Å². The lowest BCUT2D eigenvalue weighted by molar-refractivity contribution is -0.108. The smallest absolute Gasteiger partial charge is 0.119 e. The molecule has 0 saturated carbocycles. The minimum Gasteiger partial charge on any atom is -0.303 e. The van der Waals surface area contributed by atoms with Crippen molar-refractivity contribution in [2.75, 3.05) is 0 Å². The highest BCUT2D eigenvalue weighted by Gasteiger charge is 1.90. The molecule has 0 atom stereocenters. The fraction of sp³-hybridized carbons (Fsp3) is 0.727.